The van der Waals surface area contributed by atoms with E-state index in [9.17, 15) is 0 Å². The molecule has 0 unspecified atom stereocenters. The summed E-state index contributed by atoms with van der Waals surface area (Å²) in [6, 6.07) is 12.1. The number of rotatable bonds is 2. The molecule has 0 atom stereocenters. The van der Waals surface area contributed by atoms with Crippen LogP contribution in [0.2, 0.25) is 0 Å². The van der Waals surface area contributed by atoms with E-state index in [2.05, 4.69) is 6.58 Å². The fraction of sp³-hybridized carbons (Fsp3) is 0. The summed E-state index contributed by atoms with van der Waals surface area (Å²) in [5.74, 6) is 0. The van der Waals surface area contributed by atoms with Gasteiger partial charge in [-0.1, -0.05) is 36.9 Å². The third-order valence-corrected chi connectivity index (χ3v) is 3.18. The highest BCUT2D eigenvalue weighted by Gasteiger charge is 2.08. The molecule has 0 radical (unpaired) electrons. The van der Waals surface area contributed by atoms with Crippen LogP contribution in [-0.2, 0) is 0 Å². The van der Waals surface area contributed by atoms with Crippen molar-refractivity contribution in [2.24, 2.45) is 5.73 Å². The van der Waals surface area contributed by atoms with E-state index >= 15 is 0 Å². The number of thiophene rings is 1. The summed E-state index contributed by atoms with van der Waals surface area (Å²) in [6.07, 6.45) is 0. The summed E-state index contributed by atoms with van der Waals surface area (Å²) >= 11 is 1.53. The maximum absolute atomic E-state index is 5.86. The molecule has 1 aromatic carbocycles. The van der Waals surface area contributed by atoms with Gasteiger partial charge in [0.05, 0.1) is 5.00 Å². The Labute approximate surface area is 92.8 Å². The first-order valence-electron chi connectivity index (χ1n) is 4.58. The summed E-state index contributed by atoms with van der Waals surface area (Å²) in [5, 5.41) is 0.723. The lowest BCUT2D eigenvalue weighted by molar-refractivity contribution is 1.58. The van der Waals surface area contributed by atoms with Crippen LogP contribution in [-0.4, -0.2) is 0 Å². The summed E-state index contributed by atoms with van der Waals surface area (Å²) in [4.78, 5) is 1.12. The zero-order valence-electron chi connectivity index (χ0n) is 8.23. The first kappa shape index (κ1) is 9.80. The highest BCUT2D eigenvalue weighted by molar-refractivity contribution is 7.19. The zero-order chi connectivity index (χ0) is 10.8. The minimum absolute atomic E-state index is 0.519. The monoisotopic (exact) mass is 216 g/mol. The fourth-order valence-corrected chi connectivity index (χ4v) is 2.37. The van der Waals surface area contributed by atoms with Crippen LogP contribution in [0.15, 0.2) is 43.0 Å². The van der Waals surface area contributed by atoms with Crippen LogP contribution in [0.3, 0.4) is 0 Å². The fourth-order valence-electron chi connectivity index (χ4n) is 1.40. The topological polar surface area (TPSA) is 52.0 Å². The quantitative estimate of drug-likeness (QED) is 0.811. The predicted molar refractivity (Wildman–Crippen MR) is 67.4 cm³/mol. The smallest absolute Gasteiger partial charge is 0.0957 e. The van der Waals surface area contributed by atoms with Crippen molar-refractivity contribution in [2.45, 2.75) is 0 Å². The van der Waals surface area contributed by atoms with E-state index in [4.69, 9.17) is 11.5 Å². The molecule has 0 saturated heterocycles. The molecule has 0 saturated carbocycles. The van der Waals surface area contributed by atoms with Gasteiger partial charge in [-0.25, -0.2) is 0 Å². The summed E-state index contributed by atoms with van der Waals surface area (Å²) < 4.78 is 0. The predicted octanol–water partition coefficient (Wildman–Crippen LogP) is 2.93. The van der Waals surface area contributed by atoms with Gasteiger partial charge in [-0.3, -0.25) is 0 Å². The van der Waals surface area contributed by atoms with Crippen LogP contribution >= 0.6 is 11.3 Å². The molecule has 2 rings (SSSR count). The Morgan fingerprint density at radius 3 is 2.40 bits per heavy atom. The lowest BCUT2D eigenvalue weighted by Crippen LogP contribution is -1.94. The number of benzene rings is 1. The summed E-state index contributed by atoms with van der Waals surface area (Å²) in [7, 11) is 0. The molecule has 0 aliphatic heterocycles. The van der Waals surface area contributed by atoms with Crippen molar-refractivity contribution in [1.29, 1.82) is 0 Å². The Hall–Kier alpha value is -1.74. The summed E-state index contributed by atoms with van der Waals surface area (Å²) in [5.41, 5.74) is 14.0. The van der Waals surface area contributed by atoms with Crippen molar-refractivity contribution in [3.05, 3.63) is 48.5 Å². The highest BCUT2D eigenvalue weighted by atomic mass is 32.1. The number of nitrogens with two attached hydrogens (primary N) is 2. The average Bonchev–Trinajstić information content (AvgIpc) is 2.62. The van der Waals surface area contributed by atoms with Crippen LogP contribution in [0.5, 0.6) is 0 Å². The van der Waals surface area contributed by atoms with Gasteiger partial charge in [0.2, 0.25) is 0 Å². The van der Waals surface area contributed by atoms with E-state index in [1.807, 2.05) is 36.4 Å². The number of nitrogen functional groups attached to an aromatic ring is 1. The number of hydrogen-bond acceptors (Lipinski definition) is 3. The largest absolute Gasteiger partial charge is 0.399 e. The van der Waals surface area contributed by atoms with E-state index in [1.165, 1.54) is 11.3 Å². The van der Waals surface area contributed by atoms with E-state index < -0.39 is 0 Å². The van der Waals surface area contributed by atoms with Gasteiger partial charge in [-0.05, 0) is 11.6 Å². The second-order valence-corrected chi connectivity index (χ2v) is 4.36. The molecule has 4 N–H and O–H groups in total. The van der Waals surface area contributed by atoms with Gasteiger partial charge in [0.25, 0.3) is 0 Å². The van der Waals surface area contributed by atoms with Crippen molar-refractivity contribution in [2.75, 3.05) is 5.73 Å². The molecule has 0 aliphatic rings. The van der Waals surface area contributed by atoms with Gasteiger partial charge in [0.15, 0.2) is 0 Å². The number of anilines is 1. The third kappa shape index (κ3) is 1.87. The molecule has 1 heterocycles. The minimum atomic E-state index is 0.519. The Balaban J connectivity index is 2.48. The molecule has 2 aromatic rings. The molecule has 0 spiro atoms. The van der Waals surface area contributed by atoms with Crippen molar-refractivity contribution < 1.29 is 0 Å². The Morgan fingerprint density at radius 2 is 1.87 bits per heavy atom. The van der Waals surface area contributed by atoms with Gasteiger partial charge in [0, 0.05) is 16.1 Å². The molecule has 15 heavy (non-hydrogen) atoms. The summed E-state index contributed by atoms with van der Waals surface area (Å²) in [6.45, 7) is 3.70. The molecule has 0 bridgehead atoms. The van der Waals surface area contributed by atoms with Gasteiger partial charge in [-0.15, -0.1) is 11.3 Å². The SMILES string of the molecule is C=C(N)c1cc(-c2ccccc2)sc1N. The molecule has 3 heteroatoms. The average molecular weight is 216 g/mol. The van der Waals surface area contributed by atoms with Crippen LogP contribution in [0.1, 0.15) is 5.56 Å². The standard InChI is InChI=1S/C12H12N2S/c1-8(13)10-7-11(15-12(10)14)9-5-3-2-4-6-9/h2-7H,1,13-14H2. The van der Waals surface area contributed by atoms with Crippen LogP contribution in [0.4, 0.5) is 5.00 Å². The van der Waals surface area contributed by atoms with Crippen LogP contribution < -0.4 is 11.5 Å². The van der Waals surface area contributed by atoms with Crippen LogP contribution in [0, 0.1) is 0 Å². The molecule has 0 fully saturated rings. The number of hydrogen-bond donors (Lipinski definition) is 2. The van der Waals surface area contributed by atoms with E-state index in [0.29, 0.717) is 5.70 Å². The lowest BCUT2D eigenvalue weighted by atomic mass is 10.1. The van der Waals surface area contributed by atoms with Gasteiger partial charge in [0.1, 0.15) is 0 Å². The normalized spacial score (nSPS) is 10.1. The first-order valence-corrected chi connectivity index (χ1v) is 5.39. The molecule has 0 aliphatic carbocycles. The van der Waals surface area contributed by atoms with Crippen molar-refractivity contribution in [3.63, 3.8) is 0 Å². The van der Waals surface area contributed by atoms with Crippen molar-refractivity contribution in [1.82, 2.24) is 0 Å². The van der Waals surface area contributed by atoms with E-state index in [1.54, 1.807) is 0 Å². The molecule has 2 nitrogen and oxygen atoms in total. The van der Waals surface area contributed by atoms with Crippen molar-refractivity contribution >= 4 is 22.0 Å². The zero-order valence-corrected chi connectivity index (χ0v) is 9.05. The van der Waals surface area contributed by atoms with Crippen molar-refractivity contribution in [3.8, 4) is 10.4 Å². The minimum Gasteiger partial charge on any atom is -0.399 e. The first-order chi connectivity index (χ1) is 7.18. The molecule has 76 valence electrons. The second-order valence-electron chi connectivity index (χ2n) is 3.28. The van der Waals surface area contributed by atoms with Gasteiger partial charge < -0.3 is 11.5 Å². The Morgan fingerprint density at radius 1 is 1.20 bits per heavy atom. The third-order valence-electron chi connectivity index (χ3n) is 2.17. The van der Waals surface area contributed by atoms with Gasteiger partial charge in [-0.2, -0.15) is 0 Å². The molecule has 0 amide bonds. The van der Waals surface area contributed by atoms with Crippen LogP contribution in [0.25, 0.3) is 16.1 Å². The van der Waals surface area contributed by atoms with E-state index in [0.717, 1.165) is 21.0 Å². The molecule has 1 aromatic heterocycles. The molecular weight excluding hydrogens is 204 g/mol. The molecular formula is C12H12N2S. The Kier molecular flexibility index (Phi) is 2.47. The highest BCUT2D eigenvalue weighted by Crippen LogP contribution is 2.34. The maximum atomic E-state index is 5.86. The Bertz CT molecular complexity index is 486. The van der Waals surface area contributed by atoms with Gasteiger partial charge >= 0.3 is 0 Å². The lowest BCUT2D eigenvalue weighted by Gasteiger charge is -1.95. The van der Waals surface area contributed by atoms with E-state index in [-0.39, 0.29) is 0 Å². The second kappa shape index (κ2) is 3.79. The maximum Gasteiger partial charge on any atom is 0.0957 e.